The molecule has 1 aliphatic heterocycles. The minimum absolute atomic E-state index is 0.0550. The fraction of sp³-hybridized carbons (Fsp3) is 0.143. The van der Waals surface area contributed by atoms with Crippen LogP contribution in [0.25, 0.3) is 10.4 Å². The Hall–Kier alpha value is -3.64. The molecule has 2 N–H and O–H groups in total. The number of halogens is 4. The molecule has 0 fully saturated rings. The van der Waals surface area contributed by atoms with Gasteiger partial charge in [0.2, 0.25) is 5.90 Å². The second-order valence-corrected chi connectivity index (χ2v) is 7.81. The van der Waals surface area contributed by atoms with Crippen LogP contribution in [0.1, 0.15) is 15.2 Å². The maximum absolute atomic E-state index is 13.8. The molecule has 1 aliphatic rings. The molecule has 1 unspecified atom stereocenters. The van der Waals surface area contributed by atoms with Crippen LogP contribution in [0.5, 0.6) is 5.75 Å². The molecule has 7 nitrogen and oxygen atoms in total. The van der Waals surface area contributed by atoms with Crippen molar-refractivity contribution in [2.45, 2.75) is 13.0 Å². The first-order valence-electron chi connectivity index (χ1n) is 9.34. The first kappa shape index (κ1) is 22.6. The van der Waals surface area contributed by atoms with Crippen molar-refractivity contribution >= 4 is 28.8 Å². The molecule has 0 bridgehead atoms. The minimum atomic E-state index is -3.10. The molecule has 33 heavy (non-hydrogen) atoms. The Morgan fingerprint density at radius 1 is 1.21 bits per heavy atom. The van der Waals surface area contributed by atoms with Crippen molar-refractivity contribution < 1.29 is 36.9 Å². The van der Waals surface area contributed by atoms with Crippen molar-refractivity contribution in [3.8, 4) is 16.2 Å². The monoisotopic (exact) mass is 481 g/mol. The number of thiophene rings is 1. The first-order valence-corrected chi connectivity index (χ1v) is 10.2. The second-order valence-electron chi connectivity index (χ2n) is 6.73. The summed E-state index contributed by atoms with van der Waals surface area (Å²) in [5, 5.41) is 17.0. The number of nitrogens with zero attached hydrogens (tertiary/aromatic N) is 2. The highest BCUT2D eigenvalue weighted by Gasteiger charge is 2.25. The van der Waals surface area contributed by atoms with Crippen molar-refractivity contribution in [2.24, 2.45) is 5.10 Å². The molecule has 0 saturated carbocycles. The van der Waals surface area contributed by atoms with Crippen LogP contribution in [-0.4, -0.2) is 42.0 Å². The smallest absolute Gasteiger partial charge is 0.387 e. The van der Waals surface area contributed by atoms with E-state index in [1.54, 1.807) is 0 Å². The van der Waals surface area contributed by atoms with Crippen molar-refractivity contribution in [1.82, 2.24) is 5.01 Å². The lowest BCUT2D eigenvalue weighted by Gasteiger charge is -2.12. The van der Waals surface area contributed by atoms with Crippen LogP contribution in [0.2, 0.25) is 0 Å². The van der Waals surface area contributed by atoms with Gasteiger partial charge in [-0.2, -0.15) is 8.78 Å². The van der Waals surface area contributed by atoms with Crippen LogP contribution in [0, 0.1) is 11.6 Å². The number of hydrazone groups is 1. The number of rotatable bonds is 6. The molecule has 0 spiro atoms. The largest absolute Gasteiger partial charge is 0.434 e. The number of carbonyl (C=O) groups is 1. The Labute approximate surface area is 188 Å². The van der Waals surface area contributed by atoms with Gasteiger partial charge in [-0.15, -0.1) is 16.4 Å². The third kappa shape index (κ3) is 4.76. The molecule has 0 radical (unpaired) electrons. The van der Waals surface area contributed by atoms with Crippen LogP contribution in [0.4, 0.5) is 23.2 Å². The van der Waals surface area contributed by atoms with Gasteiger partial charge in [0.25, 0.3) is 12.3 Å². The summed E-state index contributed by atoms with van der Waals surface area (Å²) in [6.07, 6.45) is -1.30. The van der Waals surface area contributed by atoms with Gasteiger partial charge in [0.15, 0.2) is 0 Å². The van der Waals surface area contributed by atoms with Gasteiger partial charge < -0.3 is 19.9 Å². The quantitative estimate of drug-likeness (QED) is 0.509. The fourth-order valence-corrected chi connectivity index (χ4v) is 3.89. The zero-order valence-electron chi connectivity index (χ0n) is 16.8. The van der Waals surface area contributed by atoms with Crippen LogP contribution in [0.3, 0.4) is 0 Å². The molecule has 2 heterocycles. The third-order valence-electron chi connectivity index (χ3n) is 4.52. The number of amides is 1. The van der Waals surface area contributed by atoms with Gasteiger partial charge in [-0.1, -0.05) is 6.07 Å². The second kappa shape index (κ2) is 9.08. The minimum Gasteiger partial charge on any atom is -0.434 e. The molecule has 172 valence electrons. The van der Waals surface area contributed by atoms with E-state index < -0.39 is 36.3 Å². The van der Waals surface area contributed by atoms with E-state index in [0.717, 1.165) is 34.5 Å². The Balaban J connectivity index is 1.66. The predicted octanol–water partition coefficient (Wildman–Crippen LogP) is 4.45. The maximum atomic E-state index is 13.8. The highest BCUT2D eigenvalue weighted by molar-refractivity contribution is 7.17. The van der Waals surface area contributed by atoms with Gasteiger partial charge in [0.05, 0.1) is 4.88 Å². The van der Waals surface area contributed by atoms with E-state index >= 15 is 0 Å². The molecule has 3 aromatic rings. The maximum Gasteiger partial charge on any atom is 0.387 e. The molecule has 1 amide bonds. The van der Waals surface area contributed by atoms with E-state index in [2.05, 4.69) is 15.2 Å². The van der Waals surface area contributed by atoms with Gasteiger partial charge in [0, 0.05) is 23.1 Å². The topological polar surface area (TPSA) is 83.4 Å². The molecule has 2 aromatic carbocycles. The third-order valence-corrected chi connectivity index (χ3v) is 5.64. The number of para-hydroxylation sites is 1. The van der Waals surface area contributed by atoms with Gasteiger partial charge in [-0.3, -0.25) is 4.79 Å². The van der Waals surface area contributed by atoms with E-state index in [9.17, 15) is 27.5 Å². The molecule has 0 saturated heterocycles. The zero-order chi connectivity index (χ0) is 23.7. The van der Waals surface area contributed by atoms with Gasteiger partial charge in [-0.25, -0.2) is 13.8 Å². The Kier molecular flexibility index (Phi) is 6.20. The summed E-state index contributed by atoms with van der Waals surface area (Å²) >= 11 is 0.896. The summed E-state index contributed by atoms with van der Waals surface area (Å²) in [7, 11) is 1.48. The normalized spacial score (nSPS) is 15.4. The van der Waals surface area contributed by atoms with E-state index in [1.807, 2.05) is 0 Å². The number of nitrogens with one attached hydrogen (secondary N) is 1. The summed E-state index contributed by atoms with van der Waals surface area (Å²) in [5.41, 5.74) is -0.0349. The van der Waals surface area contributed by atoms with E-state index in [1.165, 1.54) is 37.4 Å². The fourth-order valence-electron chi connectivity index (χ4n) is 2.97. The van der Waals surface area contributed by atoms with Crippen LogP contribution in [-0.2, 0) is 4.74 Å². The van der Waals surface area contributed by atoms with Crippen LogP contribution >= 0.6 is 11.3 Å². The number of carbonyl (C=O) groups excluding carboxylic acids is 1. The summed E-state index contributed by atoms with van der Waals surface area (Å²) in [6.45, 7) is -3.10. The number of anilines is 1. The Bertz CT molecular complexity index is 1210. The average Bonchev–Trinajstić information content (AvgIpc) is 3.38. The molecule has 0 aliphatic carbocycles. The molecular formula is C21H15F4N3O4S. The molecule has 4 rings (SSSR count). The van der Waals surface area contributed by atoms with Crippen molar-refractivity contribution in [3.63, 3.8) is 0 Å². The number of alkyl halides is 2. The van der Waals surface area contributed by atoms with Crippen molar-refractivity contribution in [2.75, 3.05) is 12.4 Å². The number of aliphatic hydroxyl groups excluding tert-OH is 1. The molecule has 12 heteroatoms. The predicted molar refractivity (Wildman–Crippen MR) is 112 cm³/mol. The SMILES string of the molecule is CN1N=C(c2ccc(OC(F)F)c(-c3ccc(C(=O)Nc4c(F)cccc4F)s3)c2)OC1O. The van der Waals surface area contributed by atoms with Crippen molar-refractivity contribution in [1.29, 1.82) is 0 Å². The summed E-state index contributed by atoms with van der Waals surface area (Å²) in [5.74, 6) is -2.78. The number of hydrogen-bond acceptors (Lipinski definition) is 7. The van der Waals surface area contributed by atoms with E-state index in [0.29, 0.717) is 10.4 Å². The van der Waals surface area contributed by atoms with Gasteiger partial charge in [-0.05, 0) is 42.5 Å². The van der Waals surface area contributed by atoms with E-state index in [4.69, 9.17) is 4.74 Å². The first-order chi connectivity index (χ1) is 15.7. The number of hydrogen-bond donors (Lipinski definition) is 2. The van der Waals surface area contributed by atoms with Crippen LogP contribution in [0.15, 0.2) is 53.6 Å². The summed E-state index contributed by atoms with van der Waals surface area (Å²) in [6, 6.07) is 10.2. The summed E-state index contributed by atoms with van der Waals surface area (Å²) < 4.78 is 63.3. The number of aliphatic hydroxyl groups is 1. The Morgan fingerprint density at radius 3 is 2.58 bits per heavy atom. The van der Waals surface area contributed by atoms with Crippen LogP contribution < -0.4 is 10.1 Å². The van der Waals surface area contributed by atoms with Gasteiger partial charge >= 0.3 is 6.61 Å². The van der Waals surface area contributed by atoms with Crippen molar-refractivity contribution in [3.05, 3.63) is 70.6 Å². The highest BCUT2D eigenvalue weighted by Crippen LogP contribution is 2.37. The Morgan fingerprint density at radius 2 is 1.94 bits per heavy atom. The van der Waals surface area contributed by atoms with Gasteiger partial charge in [0.1, 0.15) is 23.1 Å². The lowest BCUT2D eigenvalue weighted by atomic mass is 10.1. The molecule has 1 atom stereocenters. The molecule has 1 aromatic heterocycles. The highest BCUT2D eigenvalue weighted by atomic mass is 32.1. The number of ether oxygens (including phenoxy) is 2. The lowest BCUT2D eigenvalue weighted by molar-refractivity contribution is -0.108. The standard InChI is InChI=1S/C21H15F4N3O4S/c1-28-21(30)32-19(27-28)10-5-6-14(31-20(24)25)11(9-10)15-7-8-16(33-15)18(29)26-17-12(22)3-2-4-13(17)23/h2-9,20-21,30H,1H3,(H,26,29). The van der Waals surface area contributed by atoms with E-state index in [-0.39, 0.29) is 22.1 Å². The molecular weight excluding hydrogens is 466 g/mol. The number of benzene rings is 2. The summed E-state index contributed by atoms with van der Waals surface area (Å²) in [4.78, 5) is 13.0. The zero-order valence-corrected chi connectivity index (χ0v) is 17.6. The lowest BCUT2D eigenvalue weighted by Crippen LogP contribution is -2.23. The average molecular weight is 481 g/mol.